The summed E-state index contributed by atoms with van der Waals surface area (Å²) in [6, 6.07) is 6.48. The molecule has 1 fully saturated rings. The van der Waals surface area contributed by atoms with Crippen LogP contribution in [0.3, 0.4) is 0 Å². The average Bonchev–Trinajstić information content (AvgIpc) is 2.67. The molecular formula is C18H18F2N2O5S. The minimum absolute atomic E-state index is 0.00250. The van der Waals surface area contributed by atoms with E-state index in [2.05, 4.69) is 5.32 Å². The summed E-state index contributed by atoms with van der Waals surface area (Å²) in [4.78, 5) is 12.3. The highest BCUT2D eigenvalue weighted by atomic mass is 32.2. The van der Waals surface area contributed by atoms with Crippen LogP contribution in [0.1, 0.15) is 10.4 Å². The largest absolute Gasteiger partial charge is 0.495 e. The standard InChI is InChI=1S/C18H18F2N2O5S/c1-26-16-3-2-12(18(23)21-15-10-13(19)9-14(20)11-15)8-17(16)28(24,25)22-4-6-27-7-5-22/h2-3,8-11H,4-7H2,1H3,(H,21,23). The molecule has 0 aromatic heterocycles. The lowest BCUT2D eigenvalue weighted by Gasteiger charge is -2.26. The van der Waals surface area contributed by atoms with Gasteiger partial charge in [-0.3, -0.25) is 4.79 Å². The van der Waals surface area contributed by atoms with Crippen LogP contribution >= 0.6 is 0 Å². The summed E-state index contributed by atoms with van der Waals surface area (Å²) in [7, 11) is -2.60. The van der Waals surface area contributed by atoms with Gasteiger partial charge in [0.25, 0.3) is 5.91 Å². The summed E-state index contributed by atoms with van der Waals surface area (Å²) in [5.74, 6) is -2.33. The highest BCUT2D eigenvalue weighted by molar-refractivity contribution is 7.89. The summed E-state index contributed by atoms with van der Waals surface area (Å²) in [6.07, 6.45) is 0. The molecule has 1 heterocycles. The smallest absolute Gasteiger partial charge is 0.255 e. The van der Waals surface area contributed by atoms with Crippen LogP contribution < -0.4 is 10.1 Å². The Morgan fingerprint density at radius 1 is 1.11 bits per heavy atom. The Balaban J connectivity index is 1.92. The van der Waals surface area contributed by atoms with Gasteiger partial charge >= 0.3 is 0 Å². The van der Waals surface area contributed by atoms with Crippen LogP contribution in [0.15, 0.2) is 41.3 Å². The second-order valence-electron chi connectivity index (χ2n) is 5.99. The number of sulfonamides is 1. The number of rotatable bonds is 5. The summed E-state index contributed by atoms with van der Waals surface area (Å²) in [5.41, 5.74) is -0.0896. The maximum absolute atomic E-state index is 13.3. The number of nitrogens with zero attached hydrogens (tertiary/aromatic N) is 1. The molecule has 28 heavy (non-hydrogen) atoms. The van der Waals surface area contributed by atoms with Crippen LogP contribution in [-0.4, -0.2) is 52.0 Å². The molecule has 0 aliphatic carbocycles. The summed E-state index contributed by atoms with van der Waals surface area (Å²) in [6.45, 7) is 0.911. The molecule has 0 radical (unpaired) electrons. The van der Waals surface area contributed by atoms with Gasteiger partial charge in [-0.25, -0.2) is 17.2 Å². The Morgan fingerprint density at radius 2 is 1.75 bits per heavy atom. The van der Waals surface area contributed by atoms with Crippen molar-refractivity contribution in [1.29, 1.82) is 0 Å². The molecule has 1 aliphatic heterocycles. The molecule has 10 heteroatoms. The maximum atomic E-state index is 13.3. The van der Waals surface area contributed by atoms with Crippen molar-refractivity contribution in [1.82, 2.24) is 4.31 Å². The topological polar surface area (TPSA) is 84.9 Å². The maximum Gasteiger partial charge on any atom is 0.255 e. The number of anilines is 1. The first-order chi connectivity index (χ1) is 13.3. The van der Waals surface area contributed by atoms with Gasteiger partial charge in [0.2, 0.25) is 10.0 Å². The fourth-order valence-electron chi connectivity index (χ4n) is 2.77. The Morgan fingerprint density at radius 3 is 2.36 bits per heavy atom. The Bertz CT molecular complexity index is 971. The van der Waals surface area contributed by atoms with E-state index >= 15 is 0 Å². The lowest BCUT2D eigenvalue weighted by molar-refractivity contribution is 0.0729. The van der Waals surface area contributed by atoms with Crippen molar-refractivity contribution in [3.63, 3.8) is 0 Å². The Kier molecular flexibility index (Phi) is 5.92. The number of carbonyl (C=O) groups is 1. The van der Waals surface area contributed by atoms with Crippen LogP contribution in [0.2, 0.25) is 0 Å². The van der Waals surface area contributed by atoms with E-state index in [1.165, 1.54) is 29.6 Å². The summed E-state index contributed by atoms with van der Waals surface area (Å²) < 4.78 is 64.1. The van der Waals surface area contributed by atoms with Gasteiger partial charge in [0.15, 0.2) is 0 Å². The molecule has 1 amide bonds. The number of methoxy groups -OCH3 is 1. The first kappa shape index (κ1) is 20.2. The van der Waals surface area contributed by atoms with E-state index in [1.807, 2.05) is 0 Å². The predicted molar refractivity (Wildman–Crippen MR) is 96.9 cm³/mol. The van der Waals surface area contributed by atoms with Crippen molar-refractivity contribution in [3.05, 3.63) is 53.6 Å². The second-order valence-corrected chi connectivity index (χ2v) is 7.90. The number of nitrogens with one attached hydrogen (secondary N) is 1. The highest BCUT2D eigenvalue weighted by Gasteiger charge is 2.30. The molecule has 0 unspecified atom stereocenters. The highest BCUT2D eigenvalue weighted by Crippen LogP contribution is 2.29. The van der Waals surface area contributed by atoms with Gasteiger partial charge in [0, 0.05) is 30.4 Å². The van der Waals surface area contributed by atoms with Crippen molar-refractivity contribution >= 4 is 21.6 Å². The number of ether oxygens (including phenoxy) is 2. The van der Waals surface area contributed by atoms with Crippen molar-refractivity contribution < 1.29 is 31.5 Å². The minimum atomic E-state index is -3.92. The number of carbonyl (C=O) groups excluding carboxylic acids is 1. The molecule has 3 rings (SSSR count). The normalized spacial score (nSPS) is 15.2. The third-order valence-corrected chi connectivity index (χ3v) is 6.05. The molecule has 0 bridgehead atoms. The minimum Gasteiger partial charge on any atom is -0.495 e. The van der Waals surface area contributed by atoms with Crippen LogP contribution in [0.25, 0.3) is 0 Å². The van der Waals surface area contributed by atoms with Gasteiger partial charge in [-0.15, -0.1) is 0 Å². The van der Waals surface area contributed by atoms with Gasteiger partial charge in [-0.1, -0.05) is 0 Å². The van der Waals surface area contributed by atoms with E-state index in [0.29, 0.717) is 6.07 Å². The van der Waals surface area contributed by atoms with E-state index in [4.69, 9.17) is 9.47 Å². The molecule has 1 saturated heterocycles. The lowest BCUT2D eigenvalue weighted by atomic mass is 10.2. The van der Waals surface area contributed by atoms with E-state index in [1.54, 1.807) is 0 Å². The van der Waals surface area contributed by atoms with E-state index in [-0.39, 0.29) is 48.2 Å². The number of morpholine rings is 1. The number of amides is 1. The fraction of sp³-hybridized carbons (Fsp3) is 0.278. The van der Waals surface area contributed by atoms with Gasteiger partial charge in [0.05, 0.1) is 20.3 Å². The van der Waals surface area contributed by atoms with Crippen molar-refractivity contribution in [2.75, 3.05) is 38.7 Å². The quantitative estimate of drug-likeness (QED) is 0.814. The van der Waals surface area contributed by atoms with Gasteiger partial charge in [-0.2, -0.15) is 4.31 Å². The number of hydrogen-bond acceptors (Lipinski definition) is 5. The van der Waals surface area contributed by atoms with Crippen LogP contribution in [0, 0.1) is 11.6 Å². The molecule has 0 spiro atoms. The first-order valence-electron chi connectivity index (χ1n) is 8.34. The Hall–Kier alpha value is -2.56. The monoisotopic (exact) mass is 412 g/mol. The molecule has 7 nitrogen and oxygen atoms in total. The molecule has 0 saturated carbocycles. The zero-order chi connectivity index (χ0) is 20.3. The zero-order valence-electron chi connectivity index (χ0n) is 14.9. The van der Waals surface area contributed by atoms with Crippen LogP contribution in [-0.2, 0) is 14.8 Å². The van der Waals surface area contributed by atoms with Gasteiger partial charge in [-0.05, 0) is 30.3 Å². The molecule has 1 aliphatic rings. The zero-order valence-corrected chi connectivity index (χ0v) is 15.8. The summed E-state index contributed by atoms with van der Waals surface area (Å²) >= 11 is 0. The first-order valence-corrected chi connectivity index (χ1v) is 9.78. The fourth-order valence-corrected chi connectivity index (χ4v) is 4.36. The molecule has 0 atom stereocenters. The Labute approximate surface area is 160 Å². The van der Waals surface area contributed by atoms with E-state index < -0.39 is 27.6 Å². The number of benzene rings is 2. The van der Waals surface area contributed by atoms with Crippen molar-refractivity contribution in [2.45, 2.75) is 4.90 Å². The average molecular weight is 412 g/mol. The SMILES string of the molecule is COc1ccc(C(=O)Nc2cc(F)cc(F)c2)cc1S(=O)(=O)N1CCOCC1. The molecule has 2 aromatic carbocycles. The predicted octanol–water partition coefficient (Wildman–Crippen LogP) is 2.25. The van der Waals surface area contributed by atoms with Crippen molar-refractivity contribution in [2.24, 2.45) is 0 Å². The van der Waals surface area contributed by atoms with Gasteiger partial charge < -0.3 is 14.8 Å². The van der Waals surface area contributed by atoms with E-state index in [9.17, 15) is 22.0 Å². The van der Waals surface area contributed by atoms with Crippen molar-refractivity contribution in [3.8, 4) is 5.75 Å². The third-order valence-electron chi connectivity index (χ3n) is 4.13. The summed E-state index contributed by atoms with van der Waals surface area (Å²) in [5, 5.41) is 2.35. The second kappa shape index (κ2) is 8.21. The lowest BCUT2D eigenvalue weighted by Crippen LogP contribution is -2.40. The molecule has 1 N–H and O–H groups in total. The molecule has 150 valence electrons. The number of hydrogen-bond donors (Lipinski definition) is 1. The van der Waals surface area contributed by atoms with Crippen LogP contribution in [0.5, 0.6) is 5.75 Å². The van der Waals surface area contributed by atoms with Gasteiger partial charge in [0.1, 0.15) is 22.3 Å². The molecule has 2 aromatic rings. The molecular weight excluding hydrogens is 394 g/mol. The van der Waals surface area contributed by atoms with E-state index in [0.717, 1.165) is 12.1 Å². The number of halogens is 2. The third kappa shape index (κ3) is 4.29. The van der Waals surface area contributed by atoms with Crippen LogP contribution in [0.4, 0.5) is 14.5 Å².